The molecular formula is C12H14FNO3S. The molecule has 2 rings (SSSR count). The smallest absolute Gasteiger partial charge is 0.264 e. The topological polar surface area (TPSA) is 70.2 Å². The fourth-order valence-corrected chi connectivity index (χ4v) is 2.47. The van der Waals surface area contributed by atoms with Crippen LogP contribution in [0.4, 0.5) is 4.39 Å². The molecule has 0 saturated heterocycles. The van der Waals surface area contributed by atoms with Crippen molar-refractivity contribution in [1.29, 1.82) is 0 Å². The maximum Gasteiger partial charge on any atom is 0.264 e. The molecule has 2 aromatic rings. The summed E-state index contributed by atoms with van der Waals surface area (Å²) >= 11 is 0. The van der Waals surface area contributed by atoms with Crippen molar-refractivity contribution < 1.29 is 17.4 Å². The highest BCUT2D eigenvalue weighted by Crippen LogP contribution is 2.17. The van der Waals surface area contributed by atoms with Gasteiger partial charge in [-0.3, -0.25) is 4.55 Å². The summed E-state index contributed by atoms with van der Waals surface area (Å²) in [6, 6.07) is 6.37. The maximum absolute atomic E-state index is 13.0. The number of halogens is 1. The standard InChI is InChI=1S/C12H14FNO3S/c13-10-4-5-12-9(7-10)8-11(14-12)3-1-2-6-18(15,16)17/h4-5,7-8,14H,1-3,6H2,(H,15,16,17). The van der Waals surface area contributed by atoms with Crippen LogP contribution in [0.3, 0.4) is 0 Å². The van der Waals surface area contributed by atoms with Crippen LogP contribution in [0, 0.1) is 5.82 Å². The van der Waals surface area contributed by atoms with Crippen LogP contribution in [0.2, 0.25) is 0 Å². The summed E-state index contributed by atoms with van der Waals surface area (Å²) in [5.41, 5.74) is 1.80. The second-order valence-electron chi connectivity index (χ2n) is 4.27. The van der Waals surface area contributed by atoms with Gasteiger partial charge in [0.25, 0.3) is 10.1 Å². The van der Waals surface area contributed by atoms with Gasteiger partial charge < -0.3 is 4.98 Å². The van der Waals surface area contributed by atoms with Crippen molar-refractivity contribution in [2.45, 2.75) is 19.3 Å². The first-order valence-electron chi connectivity index (χ1n) is 5.66. The van der Waals surface area contributed by atoms with Gasteiger partial charge in [0.15, 0.2) is 0 Å². The Morgan fingerprint density at radius 1 is 1.22 bits per heavy atom. The first kappa shape index (κ1) is 13.0. The van der Waals surface area contributed by atoms with Crippen LogP contribution in [-0.2, 0) is 16.5 Å². The number of rotatable bonds is 5. The minimum Gasteiger partial charge on any atom is -0.358 e. The zero-order valence-electron chi connectivity index (χ0n) is 9.69. The summed E-state index contributed by atoms with van der Waals surface area (Å²) in [6.45, 7) is 0. The van der Waals surface area contributed by atoms with Crippen LogP contribution in [-0.4, -0.2) is 23.7 Å². The van der Waals surface area contributed by atoms with Crippen LogP contribution in [0.15, 0.2) is 24.3 Å². The average Bonchev–Trinajstić information content (AvgIpc) is 2.65. The minimum absolute atomic E-state index is 0.220. The number of hydrogen-bond donors (Lipinski definition) is 2. The van der Waals surface area contributed by atoms with Gasteiger partial charge in [-0.2, -0.15) is 8.42 Å². The molecule has 0 amide bonds. The van der Waals surface area contributed by atoms with Gasteiger partial charge in [-0.1, -0.05) is 0 Å². The quantitative estimate of drug-likeness (QED) is 0.648. The Hall–Kier alpha value is -1.40. The van der Waals surface area contributed by atoms with E-state index in [0.717, 1.165) is 16.6 Å². The van der Waals surface area contributed by atoms with Crippen LogP contribution < -0.4 is 0 Å². The Labute approximate surface area is 105 Å². The van der Waals surface area contributed by atoms with Crippen LogP contribution in [0.1, 0.15) is 18.5 Å². The van der Waals surface area contributed by atoms with Gasteiger partial charge in [-0.25, -0.2) is 4.39 Å². The normalized spacial score (nSPS) is 12.1. The van der Waals surface area contributed by atoms with E-state index in [0.29, 0.717) is 19.3 Å². The average molecular weight is 271 g/mol. The van der Waals surface area contributed by atoms with E-state index in [1.165, 1.54) is 12.1 Å². The van der Waals surface area contributed by atoms with Gasteiger partial charge in [0.1, 0.15) is 5.82 Å². The number of hydrogen-bond acceptors (Lipinski definition) is 2. The molecule has 1 heterocycles. The van der Waals surface area contributed by atoms with Crippen molar-refractivity contribution in [3.05, 3.63) is 35.8 Å². The number of aromatic amines is 1. The van der Waals surface area contributed by atoms with Gasteiger partial charge in [0.2, 0.25) is 0 Å². The molecule has 4 nitrogen and oxygen atoms in total. The zero-order chi connectivity index (χ0) is 13.2. The Balaban J connectivity index is 1.96. The Kier molecular flexibility index (Phi) is 3.68. The van der Waals surface area contributed by atoms with Crippen molar-refractivity contribution in [1.82, 2.24) is 4.98 Å². The SMILES string of the molecule is O=S(=O)(O)CCCCc1cc2cc(F)ccc2[nH]1. The van der Waals surface area contributed by atoms with E-state index in [1.807, 2.05) is 6.07 Å². The second-order valence-corrected chi connectivity index (χ2v) is 5.84. The third-order valence-corrected chi connectivity index (χ3v) is 3.54. The predicted molar refractivity (Wildman–Crippen MR) is 67.6 cm³/mol. The van der Waals surface area contributed by atoms with E-state index in [1.54, 1.807) is 6.07 Å². The van der Waals surface area contributed by atoms with Gasteiger partial charge >= 0.3 is 0 Å². The molecule has 1 aromatic heterocycles. The summed E-state index contributed by atoms with van der Waals surface area (Å²) in [5.74, 6) is -0.499. The summed E-state index contributed by atoms with van der Waals surface area (Å²) < 4.78 is 42.6. The van der Waals surface area contributed by atoms with Crippen molar-refractivity contribution >= 4 is 21.0 Å². The lowest BCUT2D eigenvalue weighted by Crippen LogP contribution is -2.03. The molecule has 98 valence electrons. The second kappa shape index (κ2) is 5.07. The highest BCUT2D eigenvalue weighted by atomic mass is 32.2. The fraction of sp³-hybridized carbons (Fsp3) is 0.333. The number of H-pyrrole nitrogens is 1. The monoisotopic (exact) mass is 271 g/mol. The molecule has 0 aliphatic heterocycles. The van der Waals surface area contributed by atoms with Crippen molar-refractivity contribution in [3.8, 4) is 0 Å². The summed E-state index contributed by atoms with van der Waals surface area (Å²) in [6.07, 6.45) is 1.73. The van der Waals surface area contributed by atoms with Crippen LogP contribution in [0.25, 0.3) is 10.9 Å². The van der Waals surface area contributed by atoms with Crippen molar-refractivity contribution in [2.24, 2.45) is 0 Å². The number of nitrogens with one attached hydrogen (secondary N) is 1. The molecule has 0 atom stereocenters. The number of aromatic nitrogens is 1. The van der Waals surface area contributed by atoms with Gasteiger partial charge in [0.05, 0.1) is 5.75 Å². The van der Waals surface area contributed by atoms with E-state index in [-0.39, 0.29) is 11.6 Å². The predicted octanol–water partition coefficient (Wildman–Crippen LogP) is 2.52. The molecule has 1 aromatic carbocycles. The lowest BCUT2D eigenvalue weighted by molar-refractivity contribution is 0.480. The molecule has 0 bridgehead atoms. The third-order valence-electron chi connectivity index (χ3n) is 2.74. The highest BCUT2D eigenvalue weighted by Gasteiger charge is 2.05. The summed E-state index contributed by atoms with van der Waals surface area (Å²) in [5, 5.41) is 0.805. The van der Waals surface area contributed by atoms with Crippen molar-refractivity contribution in [3.63, 3.8) is 0 Å². The molecule has 2 N–H and O–H groups in total. The zero-order valence-corrected chi connectivity index (χ0v) is 10.5. The van der Waals surface area contributed by atoms with Gasteiger partial charge in [-0.15, -0.1) is 0 Å². The van der Waals surface area contributed by atoms with E-state index in [9.17, 15) is 12.8 Å². The van der Waals surface area contributed by atoms with Gasteiger partial charge in [-0.05, 0) is 43.5 Å². The highest BCUT2D eigenvalue weighted by molar-refractivity contribution is 7.85. The molecule has 0 fully saturated rings. The van der Waals surface area contributed by atoms with E-state index >= 15 is 0 Å². The minimum atomic E-state index is -3.87. The molecule has 0 spiro atoms. The molecule has 18 heavy (non-hydrogen) atoms. The Morgan fingerprint density at radius 2 is 2.00 bits per heavy atom. The summed E-state index contributed by atoms with van der Waals surface area (Å²) in [4.78, 5) is 3.14. The van der Waals surface area contributed by atoms with Crippen LogP contribution >= 0.6 is 0 Å². The third kappa shape index (κ3) is 3.54. The Bertz CT molecular complexity index is 648. The summed E-state index contributed by atoms with van der Waals surface area (Å²) in [7, 11) is -3.87. The lowest BCUT2D eigenvalue weighted by atomic mass is 10.2. The van der Waals surface area contributed by atoms with E-state index in [2.05, 4.69) is 4.98 Å². The fourth-order valence-electron chi connectivity index (χ4n) is 1.90. The van der Waals surface area contributed by atoms with Gasteiger partial charge in [0, 0.05) is 16.6 Å². The molecule has 0 saturated carbocycles. The molecular weight excluding hydrogens is 257 g/mol. The van der Waals surface area contributed by atoms with E-state index < -0.39 is 10.1 Å². The number of fused-ring (bicyclic) bond motifs is 1. The lowest BCUT2D eigenvalue weighted by Gasteiger charge is -1.97. The molecule has 0 aliphatic rings. The van der Waals surface area contributed by atoms with Crippen molar-refractivity contribution in [2.75, 3.05) is 5.75 Å². The number of benzene rings is 1. The first-order chi connectivity index (χ1) is 8.44. The largest absolute Gasteiger partial charge is 0.358 e. The number of aryl methyl sites for hydroxylation is 1. The first-order valence-corrected chi connectivity index (χ1v) is 7.27. The molecule has 6 heteroatoms. The molecule has 0 aliphatic carbocycles. The number of unbranched alkanes of at least 4 members (excludes halogenated alkanes) is 1. The maximum atomic E-state index is 13.0. The van der Waals surface area contributed by atoms with E-state index in [4.69, 9.17) is 4.55 Å². The molecule has 0 unspecified atom stereocenters. The molecule has 0 radical (unpaired) electrons. The Morgan fingerprint density at radius 3 is 2.72 bits per heavy atom. The van der Waals surface area contributed by atoms with Crippen LogP contribution in [0.5, 0.6) is 0 Å².